The second-order valence-corrected chi connectivity index (χ2v) is 3.43. The number of aliphatic hydroxyl groups is 1. The van der Waals surface area contributed by atoms with E-state index in [0.717, 1.165) is 0 Å². The fraction of sp³-hybridized carbons (Fsp3) is 0.400. The van der Waals surface area contributed by atoms with Gasteiger partial charge in [-0.2, -0.15) is 13.2 Å². The lowest BCUT2D eigenvalue weighted by molar-refractivity contribution is -0.201. The molecule has 0 fully saturated rings. The molecule has 0 saturated carbocycles. The highest BCUT2D eigenvalue weighted by Gasteiger charge is 2.38. The fourth-order valence-corrected chi connectivity index (χ4v) is 1.07. The van der Waals surface area contributed by atoms with Crippen LogP contribution in [0.4, 0.5) is 13.2 Å². The summed E-state index contributed by atoms with van der Waals surface area (Å²) >= 11 is 0. The Balaban J connectivity index is 2.57. The molecule has 4 nitrogen and oxygen atoms in total. The fourth-order valence-electron chi connectivity index (χ4n) is 1.07. The molecule has 1 unspecified atom stereocenters. The summed E-state index contributed by atoms with van der Waals surface area (Å²) in [7, 11) is 0. The summed E-state index contributed by atoms with van der Waals surface area (Å²) < 4.78 is 35.8. The molecule has 1 aromatic heterocycles. The van der Waals surface area contributed by atoms with E-state index >= 15 is 0 Å². The van der Waals surface area contributed by atoms with Crippen LogP contribution in [0.25, 0.3) is 0 Å². The van der Waals surface area contributed by atoms with Crippen molar-refractivity contribution < 1.29 is 23.1 Å². The van der Waals surface area contributed by atoms with Gasteiger partial charge in [-0.15, -0.1) is 0 Å². The average Bonchev–Trinajstić information content (AvgIpc) is 2.24. The van der Waals surface area contributed by atoms with Gasteiger partial charge in [-0.05, 0) is 19.1 Å². The van der Waals surface area contributed by atoms with Crippen LogP contribution in [0.1, 0.15) is 16.2 Å². The molecular formula is C10H11F3N2O2. The standard InChI is InChI=1S/C10H11F3N2O2/c1-6-3-2-4-7(15-6)9(17)14-5-8(16)10(11,12)13/h2-4,8,16H,5H2,1H3,(H,14,17). The molecular weight excluding hydrogens is 237 g/mol. The Morgan fingerprint density at radius 2 is 2.18 bits per heavy atom. The smallest absolute Gasteiger partial charge is 0.382 e. The van der Waals surface area contributed by atoms with Crippen molar-refractivity contribution in [3.8, 4) is 0 Å². The van der Waals surface area contributed by atoms with Gasteiger partial charge in [0.05, 0.1) is 6.54 Å². The van der Waals surface area contributed by atoms with E-state index in [4.69, 9.17) is 5.11 Å². The number of aryl methyl sites for hydroxylation is 1. The van der Waals surface area contributed by atoms with Gasteiger partial charge in [0, 0.05) is 5.69 Å². The molecule has 7 heteroatoms. The second-order valence-electron chi connectivity index (χ2n) is 3.43. The zero-order chi connectivity index (χ0) is 13.1. The summed E-state index contributed by atoms with van der Waals surface area (Å²) in [4.78, 5) is 15.2. The van der Waals surface area contributed by atoms with Crippen molar-refractivity contribution in [3.05, 3.63) is 29.6 Å². The molecule has 0 bridgehead atoms. The van der Waals surface area contributed by atoms with Gasteiger partial charge in [0.2, 0.25) is 0 Å². The van der Waals surface area contributed by atoms with Crippen LogP contribution < -0.4 is 5.32 Å². The first-order valence-corrected chi connectivity index (χ1v) is 4.77. The van der Waals surface area contributed by atoms with Crippen molar-refractivity contribution in [1.29, 1.82) is 0 Å². The van der Waals surface area contributed by atoms with E-state index in [2.05, 4.69) is 4.98 Å². The number of amides is 1. The number of halogens is 3. The number of carbonyl (C=O) groups excluding carboxylic acids is 1. The van der Waals surface area contributed by atoms with Crippen LogP contribution in [0, 0.1) is 6.92 Å². The van der Waals surface area contributed by atoms with Crippen molar-refractivity contribution in [2.45, 2.75) is 19.2 Å². The molecule has 0 aliphatic heterocycles. The third kappa shape index (κ3) is 4.03. The maximum absolute atomic E-state index is 11.9. The van der Waals surface area contributed by atoms with Crippen LogP contribution in [0.15, 0.2) is 18.2 Å². The number of nitrogens with one attached hydrogen (secondary N) is 1. The molecule has 0 aliphatic carbocycles. The van der Waals surface area contributed by atoms with E-state index in [1.807, 2.05) is 5.32 Å². The number of alkyl halides is 3. The molecule has 0 radical (unpaired) electrons. The van der Waals surface area contributed by atoms with E-state index < -0.39 is 24.7 Å². The van der Waals surface area contributed by atoms with Gasteiger partial charge in [0.1, 0.15) is 5.69 Å². The molecule has 0 aliphatic rings. The van der Waals surface area contributed by atoms with E-state index in [1.54, 1.807) is 19.1 Å². The van der Waals surface area contributed by atoms with Crippen molar-refractivity contribution in [2.75, 3.05) is 6.54 Å². The zero-order valence-corrected chi connectivity index (χ0v) is 8.95. The van der Waals surface area contributed by atoms with E-state index in [0.29, 0.717) is 5.69 Å². The van der Waals surface area contributed by atoms with Gasteiger partial charge in [-0.3, -0.25) is 4.79 Å². The minimum absolute atomic E-state index is 0.0133. The number of hydrogen-bond donors (Lipinski definition) is 2. The van der Waals surface area contributed by atoms with Gasteiger partial charge < -0.3 is 10.4 Å². The third-order valence-corrected chi connectivity index (χ3v) is 1.95. The van der Waals surface area contributed by atoms with Crippen molar-refractivity contribution in [3.63, 3.8) is 0 Å². The highest BCUT2D eigenvalue weighted by Crippen LogP contribution is 2.19. The third-order valence-electron chi connectivity index (χ3n) is 1.95. The zero-order valence-electron chi connectivity index (χ0n) is 8.95. The number of hydrogen-bond acceptors (Lipinski definition) is 3. The Morgan fingerprint density at radius 3 is 2.71 bits per heavy atom. The lowest BCUT2D eigenvalue weighted by atomic mass is 10.3. The Labute approximate surface area is 95.5 Å². The minimum atomic E-state index is -4.74. The largest absolute Gasteiger partial charge is 0.416 e. The van der Waals surface area contributed by atoms with Crippen LogP contribution in [-0.2, 0) is 0 Å². The van der Waals surface area contributed by atoms with Crippen molar-refractivity contribution in [2.24, 2.45) is 0 Å². The first kappa shape index (κ1) is 13.4. The maximum atomic E-state index is 11.9. The number of carbonyl (C=O) groups is 1. The van der Waals surface area contributed by atoms with E-state index in [9.17, 15) is 18.0 Å². The Hall–Kier alpha value is -1.63. The molecule has 17 heavy (non-hydrogen) atoms. The van der Waals surface area contributed by atoms with Gasteiger partial charge in [0.15, 0.2) is 6.10 Å². The summed E-state index contributed by atoms with van der Waals surface area (Å²) in [5.41, 5.74) is 0.591. The predicted octanol–water partition coefficient (Wildman–Crippen LogP) is 1.04. The average molecular weight is 248 g/mol. The molecule has 1 rings (SSSR count). The van der Waals surface area contributed by atoms with Crippen LogP contribution >= 0.6 is 0 Å². The van der Waals surface area contributed by atoms with E-state index in [-0.39, 0.29) is 5.69 Å². The summed E-state index contributed by atoms with van der Waals surface area (Å²) in [6.45, 7) is 0.763. The first-order valence-electron chi connectivity index (χ1n) is 4.77. The number of rotatable bonds is 3. The Morgan fingerprint density at radius 1 is 1.53 bits per heavy atom. The molecule has 1 atom stereocenters. The predicted molar refractivity (Wildman–Crippen MR) is 53.4 cm³/mol. The molecule has 0 aromatic carbocycles. The van der Waals surface area contributed by atoms with Gasteiger partial charge in [-0.25, -0.2) is 4.98 Å². The summed E-state index contributed by atoms with van der Waals surface area (Å²) in [6.07, 6.45) is -7.32. The number of nitrogens with zero attached hydrogens (tertiary/aromatic N) is 1. The quantitative estimate of drug-likeness (QED) is 0.840. The van der Waals surface area contributed by atoms with Gasteiger partial charge >= 0.3 is 6.18 Å². The molecule has 1 heterocycles. The minimum Gasteiger partial charge on any atom is -0.382 e. The topological polar surface area (TPSA) is 62.2 Å². The molecule has 2 N–H and O–H groups in total. The van der Waals surface area contributed by atoms with E-state index in [1.165, 1.54) is 6.07 Å². The van der Waals surface area contributed by atoms with Gasteiger partial charge in [-0.1, -0.05) is 6.07 Å². The molecule has 94 valence electrons. The Bertz CT molecular complexity index is 407. The Kier molecular flexibility index (Phi) is 4.06. The molecule has 0 saturated heterocycles. The number of pyridine rings is 1. The van der Waals surface area contributed by atoms with Crippen molar-refractivity contribution >= 4 is 5.91 Å². The van der Waals surface area contributed by atoms with Crippen LogP contribution in [0.3, 0.4) is 0 Å². The monoisotopic (exact) mass is 248 g/mol. The second kappa shape index (κ2) is 5.13. The molecule has 1 aromatic rings. The molecule has 1 amide bonds. The van der Waals surface area contributed by atoms with Crippen LogP contribution in [-0.4, -0.2) is 34.8 Å². The summed E-state index contributed by atoms with van der Waals surface area (Å²) in [5.74, 6) is -0.753. The lowest BCUT2D eigenvalue weighted by Crippen LogP contribution is -2.40. The maximum Gasteiger partial charge on any atom is 0.416 e. The number of aromatic nitrogens is 1. The molecule has 0 spiro atoms. The number of aliphatic hydroxyl groups excluding tert-OH is 1. The first-order chi connectivity index (χ1) is 7.80. The van der Waals surface area contributed by atoms with Crippen LogP contribution in [0.2, 0.25) is 0 Å². The highest BCUT2D eigenvalue weighted by atomic mass is 19.4. The van der Waals surface area contributed by atoms with Crippen LogP contribution in [0.5, 0.6) is 0 Å². The van der Waals surface area contributed by atoms with Gasteiger partial charge in [0.25, 0.3) is 5.91 Å². The highest BCUT2D eigenvalue weighted by molar-refractivity contribution is 5.92. The van der Waals surface area contributed by atoms with Crippen molar-refractivity contribution in [1.82, 2.24) is 10.3 Å². The SMILES string of the molecule is Cc1cccc(C(=O)NCC(O)C(F)(F)F)n1. The summed E-state index contributed by atoms with van der Waals surface area (Å²) in [6, 6.07) is 4.60. The lowest BCUT2D eigenvalue weighted by Gasteiger charge is -2.14. The normalized spacial score (nSPS) is 13.2. The summed E-state index contributed by atoms with van der Waals surface area (Å²) in [5, 5.41) is 10.6.